The Morgan fingerprint density at radius 1 is 0.900 bits per heavy atom. The fourth-order valence-corrected chi connectivity index (χ4v) is 1.73. The lowest BCUT2D eigenvalue weighted by Crippen LogP contribution is -2.43. The summed E-state index contributed by atoms with van der Waals surface area (Å²) in [6.07, 6.45) is -13.0. The quantitative estimate of drug-likeness (QED) is 0.450. The molecular weight excluding hydrogens is 317 g/mol. The molecule has 0 aliphatic carbocycles. The van der Waals surface area contributed by atoms with Crippen LogP contribution in [0.4, 0.5) is 26.3 Å². The number of hydrogen-bond donors (Lipinski definition) is 0. The second-order valence-electron chi connectivity index (χ2n) is 2.90. The van der Waals surface area contributed by atoms with E-state index in [4.69, 9.17) is 0 Å². The first-order valence-corrected chi connectivity index (χ1v) is 6.05. The summed E-state index contributed by atoms with van der Waals surface area (Å²) in [6.45, 7) is 2.25. The third-order valence-corrected chi connectivity index (χ3v) is 2.45. The van der Waals surface area contributed by atoms with Crippen LogP contribution in [-0.4, -0.2) is 18.5 Å². The summed E-state index contributed by atoms with van der Waals surface area (Å²) < 4.78 is 96.3. The molecule has 0 rings (SSSR count). The van der Waals surface area contributed by atoms with Gasteiger partial charge in [-0.1, -0.05) is 11.8 Å². The van der Waals surface area contributed by atoms with E-state index >= 15 is 0 Å². The van der Waals surface area contributed by atoms with Gasteiger partial charge in [-0.25, -0.2) is 9.09 Å². The van der Waals surface area contributed by atoms with Crippen LogP contribution in [0.3, 0.4) is 0 Å². The molecule has 0 unspecified atom stereocenters. The fourth-order valence-electron chi connectivity index (χ4n) is 0.699. The van der Waals surface area contributed by atoms with Crippen molar-refractivity contribution < 1.29 is 44.5 Å². The molecule has 0 aromatic heterocycles. The van der Waals surface area contributed by atoms with Crippen molar-refractivity contribution in [3.8, 4) is 24.1 Å². The zero-order valence-electron chi connectivity index (χ0n) is 9.93. The average molecular weight is 324 g/mol. The molecule has 20 heavy (non-hydrogen) atoms. The van der Waals surface area contributed by atoms with E-state index in [1.54, 1.807) is 12.2 Å². The monoisotopic (exact) mass is 324 g/mol. The highest BCUT2D eigenvalue weighted by molar-refractivity contribution is 7.48. The number of hydrogen-bond acceptors (Lipinski definition) is 4. The van der Waals surface area contributed by atoms with E-state index in [1.165, 1.54) is 0 Å². The normalized spacial score (nSPS) is 12.1. The Morgan fingerprint density at radius 2 is 1.25 bits per heavy atom. The summed E-state index contributed by atoms with van der Waals surface area (Å²) in [5.41, 5.74) is 0. The van der Waals surface area contributed by atoms with Gasteiger partial charge in [-0.05, 0) is 0 Å². The van der Waals surface area contributed by atoms with Gasteiger partial charge < -0.3 is 9.05 Å². The topological polar surface area (TPSA) is 44.8 Å². The van der Waals surface area contributed by atoms with Crippen LogP contribution in [0.5, 0.6) is 0 Å². The van der Waals surface area contributed by atoms with Crippen LogP contribution < -0.4 is 0 Å². The highest BCUT2D eigenvalue weighted by Gasteiger charge is 2.61. The van der Waals surface area contributed by atoms with Crippen LogP contribution in [-0.2, 0) is 18.1 Å². The van der Waals surface area contributed by atoms with Gasteiger partial charge in [-0.3, -0.25) is 0 Å². The maximum Gasteiger partial charge on any atom is 0.605 e. The molecule has 0 aliphatic rings. The summed E-state index contributed by atoms with van der Waals surface area (Å²) in [7, 11) is -5.29. The molecule has 4 nitrogen and oxygen atoms in total. The Kier molecular flexibility index (Phi) is 6.27. The Balaban J connectivity index is 5.41. The van der Waals surface area contributed by atoms with Crippen molar-refractivity contribution in [1.82, 2.24) is 0 Å². The number of alkyl halides is 6. The molecule has 0 saturated carbocycles. The Bertz CT molecular complexity index is 449. The van der Waals surface area contributed by atoms with Crippen LogP contribution in [0.2, 0.25) is 0 Å². The maximum absolute atomic E-state index is 12.2. The van der Waals surface area contributed by atoms with E-state index in [2.05, 4.69) is 13.6 Å². The van der Waals surface area contributed by atoms with Gasteiger partial charge in [-0.2, -0.15) is 26.3 Å². The Labute approximate surface area is 110 Å². The highest BCUT2D eigenvalue weighted by atomic mass is 31.2. The Morgan fingerprint density at radius 3 is 1.50 bits per heavy atom. The fraction of sp³-hybridized carbons (Fsp3) is 0.556. The summed E-state index contributed by atoms with van der Waals surface area (Å²) in [6, 6.07) is 0. The van der Waals surface area contributed by atoms with Crippen LogP contribution in [0.25, 0.3) is 0 Å². The molecule has 0 atom stereocenters. The predicted molar refractivity (Wildman–Crippen MR) is 53.7 cm³/mol. The molecule has 0 fully saturated rings. The molecule has 0 radical (unpaired) electrons. The van der Waals surface area contributed by atoms with E-state index in [9.17, 15) is 30.9 Å². The molecule has 0 aromatic carbocycles. The molecule has 11 heteroatoms. The van der Waals surface area contributed by atoms with E-state index in [1.807, 2.05) is 11.8 Å². The first-order valence-electron chi connectivity index (χ1n) is 4.59. The van der Waals surface area contributed by atoms with Crippen LogP contribution in [0.15, 0.2) is 0 Å². The highest BCUT2D eigenvalue weighted by Crippen LogP contribution is 2.54. The van der Waals surface area contributed by atoms with Gasteiger partial charge in [0, 0.05) is 13.8 Å². The van der Waals surface area contributed by atoms with Gasteiger partial charge in [0.05, 0.1) is 0 Å². The molecule has 0 bridgehead atoms. The van der Waals surface area contributed by atoms with Crippen molar-refractivity contribution in [3.05, 3.63) is 0 Å². The van der Waals surface area contributed by atoms with E-state index < -0.39 is 26.3 Å². The summed E-state index contributed by atoms with van der Waals surface area (Å²) in [5, 5.41) is 0. The van der Waals surface area contributed by atoms with E-state index in [-0.39, 0.29) is 0 Å². The molecule has 0 N–H and O–H groups in total. The maximum atomic E-state index is 12.2. The zero-order chi connectivity index (χ0) is 16.0. The van der Waals surface area contributed by atoms with Crippen molar-refractivity contribution in [2.45, 2.75) is 32.3 Å². The Hall–Kier alpha value is -1.51. The molecule has 0 aromatic rings. The van der Waals surface area contributed by atoms with Crippen LogP contribution in [0.1, 0.15) is 13.8 Å². The van der Waals surface area contributed by atoms with Gasteiger partial charge in [0.15, 0.2) is 0 Å². The molecule has 0 spiro atoms. The van der Waals surface area contributed by atoms with Crippen molar-refractivity contribution in [3.63, 3.8) is 0 Å². The minimum Gasteiger partial charge on any atom is -0.341 e. The van der Waals surface area contributed by atoms with Crippen molar-refractivity contribution in [1.29, 1.82) is 0 Å². The zero-order valence-corrected chi connectivity index (χ0v) is 10.8. The van der Waals surface area contributed by atoms with Crippen LogP contribution >= 0.6 is 7.82 Å². The molecule has 0 aliphatic heterocycles. The predicted octanol–water partition coefficient (Wildman–Crippen LogP) is 3.60. The minimum absolute atomic E-state index is 1.13. The van der Waals surface area contributed by atoms with Gasteiger partial charge >= 0.3 is 20.2 Å². The molecular formula is C9H7F6O4P. The second-order valence-corrected chi connectivity index (χ2v) is 4.37. The van der Waals surface area contributed by atoms with Gasteiger partial charge in [0.2, 0.25) is 0 Å². The number of halogens is 6. The third kappa shape index (κ3) is 6.09. The first-order chi connectivity index (χ1) is 8.96. The van der Waals surface area contributed by atoms with Crippen molar-refractivity contribution in [2.24, 2.45) is 0 Å². The molecule has 0 heterocycles. The van der Waals surface area contributed by atoms with E-state index in [0.717, 1.165) is 13.8 Å². The first kappa shape index (κ1) is 18.5. The van der Waals surface area contributed by atoms with Gasteiger partial charge in [-0.15, -0.1) is 0 Å². The van der Waals surface area contributed by atoms with Crippen molar-refractivity contribution >= 4 is 7.82 Å². The lowest BCUT2D eigenvalue weighted by molar-refractivity contribution is -0.303. The SMILES string of the molecule is CC#COP(=O)(OC#CC)OC(C(F)(F)F)C(F)(F)F. The largest absolute Gasteiger partial charge is 0.605 e. The summed E-state index contributed by atoms with van der Waals surface area (Å²) in [5.74, 6) is 3.87. The third-order valence-electron chi connectivity index (χ3n) is 1.35. The number of phosphoric ester groups is 1. The number of rotatable bonds is 4. The number of phosphoric acid groups is 1. The molecule has 0 amide bonds. The molecule has 0 saturated heterocycles. The lowest BCUT2D eigenvalue weighted by atomic mass is 10.3. The van der Waals surface area contributed by atoms with Crippen LogP contribution in [0, 0.1) is 24.1 Å². The minimum atomic E-state index is -5.88. The van der Waals surface area contributed by atoms with E-state index in [0.29, 0.717) is 0 Å². The average Bonchev–Trinajstić information content (AvgIpc) is 2.28. The second kappa shape index (κ2) is 6.78. The molecule has 114 valence electrons. The summed E-state index contributed by atoms with van der Waals surface area (Å²) >= 11 is 0. The lowest BCUT2D eigenvalue weighted by Gasteiger charge is -2.24. The standard InChI is InChI=1S/C9H7F6O4P/c1-3-5-17-20(16,18-6-4-2)19-7(8(10,11)12)9(13,14)15/h7H,1-2H3. The summed E-state index contributed by atoms with van der Waals surface area (Å²) in [4.78, 5) is 0. The van der Waals surface area contributed by atoms with Gasteiger partial charge in [0.1, 0.15) is 12.2 Å². The van der Waals surface area contributed by atoms with Crippen molar-refractivity contribution in [2.75, 3.05) is 0 Å². The van der Waals surface area contributed by atoms with Gasteiger partial charge in [0.25, 0.3) is 6.10 Å². The smallest absolute Gasteiger partial charge is 0.341 e.